The number of aromatic nitrogens is 4. The molecule has 0 radical (unpaired) electrons. The molecule has 8 heteroatoms. The van der Waals surface area contributed by atoms with Gasteiger partial charge >= 0.3 is 0 Å². The highest BCUT2D eigenvalue weighted by Crippen LogP contribution is 2.11. The predicted molar refractivity (Wildman–Crippen MR) is 71.7 cm³/mol. The third-order valence-electron chi connectivity index (χ3n) is 2.42. The summed E-state index contributed by atoms with van der Waals surface area (Å²) in [6.45, 7) is -0.0545. The number of halogens is 1. The van der Waals surface area contributed by atoms with Crippen molar-refractivity contribution < 1.29 is 14.3 Å². The van der Waals surface area contributed by atoms with Gasteiger partial charge in [-0.1, -0.05) is 16.9 Å². The number of amides is 1. The Morgan fingerprint density at radius 1 is 1.52 bits per heavy atom. The minimum Gasteiger partial charge on any atom is -0.395 e. The van der Waals surface area contributed by atoms with Crippen LogP contribution in [0.3, 0.4) is 0 Å². The van der Waals surface area contributed by atoms with Crippen LogP contribution in [-0.2, 0) is 7.05 Å². The van der Waals surface area contributed by atoms with Gasteiger partial charge in [-0.2, -0.15) is 4.80 Å². The topological polar surface area (TPSA) is 92.9 Å². The Bertz CT molecular complexity index is 717. The van der Waals surface area contributed by atoms with Gasteiger partial charge in [0.1, 0.15) is 5.82 Å². The van der Waals surface area contributed by atoms with Crippen molar-refractivity contribution in [3.05, 3.63) is 35.1 Å². The van der Waals surface area contributed by atoms with E-state index in [1.165, 1.54) is 16.9 Å². The van der Waals surface area contributed by atoms with Crippen molar-refractivity contribution in [1.82, 2.24) is 20.2 Å². The summed E-state index contributed by atoms with van der Waals surface area (Å²) < 4.78 is 13.9. The zero-order chi connectivity index (χ0) is 15.2. The minimum atomic E-state index is -0.702. The van der Waals surface area contributed by atoms with Crippen molar-refractivity contribution >= 4 is 11.9 Å². The number of nitrogens with zero attached hydrogens (tertiary/aromatic N) is 4. The first-order valence-electron chi connectivity index (χ1n) is 6.05. The van der Waals surface area contributed by atoms with E-state index in [0.29, 0.717) is 12.0 Å². The zero-order valence-corrected chi connectivity index (χ0v) is 11.2. The molecule has 7 nitrogen and oxygen atoms in total. The summed E-state index contributed by atoms with van der Waals surface area (Å²) in [6.07, 6.45) is 0.308. The molecule has 2 rings (SSSR count). The number of benzene rings is 1. The van der Waals surface area contributed by atoms with Crippen molar-refractivity contribution in [2.45, 2.75) is 6.42 Å². The molecule has 0 fully saturated rings. The largest absolute Gasteiger partial charge is 0.395 e. The summed E-state index contributed by atoms with van der Waals surface area (Å²) in [6, 6.07) is 4.00. The smallest absolute Gasteiger partial charge is 0.270 e. The molecule has 0 saturated heterocycles. The molecule has 0 unspecified atom stereocenters. The first-order valence-corrected chi connectivity index (χ1v) is 6.05. The van der Waals surface area contributed by atoms with Gasteiger partial charge in [0, 0.05) is 12.0 Å². The normalized spacial score (nSPS) is 9.86. The Hall–Kier alpha value is -2.79. The van der Waals surface area contributed by atoms with Gasteiger partial charge in [0.2, 0.25) is 0 Å². The molecular weight excluding hydrogens is 277 g/mol. The Kier molecular flexibility index (Phi) is 4.58. The van der Waals surface area contributed by atoms with Crippen molar-refractivity contribution in [1.29, 1.82) is 0 Å². The number of aliphatic hydroxyl groups is 1. The van der Waals surface area contributed by atoms with Crippen LogP contribution >= 0.6 is 0 Å². The lowest BCUT2D eigenvalue weighted by molar-refractivity contribution is 0.102. The molecular formula is C13H12FN5O2. The first kappa shape index (κ1) is 14.6. The maximum Gasteiger partial charge on any atom is 0.270 e. The fourth-order valence-electron chi connectivity index (χ4n) is 1.50. The van der Waals surface area contributed by atoms with Crippen LogP contribution < -0.4 is 5.32 Å². The maximum atomic E-state index is 13.9. The molecule has 108 valence electrons. The highest BCUT2D eigenvalue weighted by molar-refractivity contribution is 6.03. The molecule has 0 aliphatic heterocycles. The summed E-state index contributed by atoms with van der Waals surface area (Å²) in [4.78, 5) is 13.1. The number of aliphatic hydroxyl groups excluding tert-OH is 1. The van der Waals surface area contributed by atoms with Crippen molar-refractivity contribution in [3.8, 4) is 11.8 Å². The number of tetrazole rings is 1. The Morgan fingerprint density at radius 3 is 2.95 bits per heavy atom. The number of nitrogens with one attached hydrogen (secondary N) is 1. The molecule has 21 heavy (non-hydrogen) atoms. The van der Waals surface area contributed by atoms with Crippen molar-refractivity contribution in [2.75, 3.05) is 11.9 Å². The monoisotopic (exact) mass is 289 g/mol. The molecule has 0 aliphatic rings. The minimum absolute atomic E-state index is 0.00582. The molecule has 0 saturated carbocycles. The summed E-state index contributed by atoms with van der Waals surface area (Å²) >= 11 is 0. The third kappa shape index (κ3) is 3.84. The number of rotatable bonds is 3. The predicted octanol–water partition coefficient (Wildman–Crippen LogP) is 0.335. The second-order valence-electron chi connectivity index (χ2n) is 4.03. The SMILES string of the molecule is Cn1nnc(NC(=O)c2ccc(C#CCCO)cc2F)n1. The van der Waals surface area contributed by atoms with E-state index in [4.69, 9.17) is 5.11 Å². The van der Waals surface area contributed by atoms with E-state index in [1.807, 2.05) is 0 Å². The number of hydrogen-bond acceptors (Lipinski definition) is 5. The van der Waals surface area contributed by atoms with Crippen LogP contribution in [0.2, 0.25) is 0 Å². The standard InChI is InChI=1S/C13H12FN5O2/c1-19-17-13(16-18-19)15-12(21)10-6-5-9(8-11(10)14)4-2-3-7-20/h5-6,8,20H,3,7H2,1H3,(H,15,17,21). The molecule has 0 atom stereocenters. The van der Waals surface area contributed by atoms with Gasteiger partial charge in [-0.3, -0.25) is 10.1 Å². The summed E-state index contributed by atoms with van der Waals surface area (Å²) in [5.41, 5.74) is 0.283. The second kappa shape index (κ2) is 6.58. The van der Waals surface area contributed by atoms with Crippen LogP contribution in [0, 0.1) is 17.7 Å². The summed E-state index contributed by atoms with van der Waals surface area (Å²) in [5, 5.41) is 21.8. The highest BCUT2D eigenvalue weighted by Gasteiger charge is 2.14. The average Bonchev–Trinajstić information content (AvgIpc) is 2.84. The molecule has 0 spiro atoms. The zero-order valence-electron chi connectivity index (χ0n) is 11.2. The molecule has 2 N–H and O–H groups in total. The molecule has 1 amide bonds. The van der Waals surface area contributed by atoms with E-state index < -0.39 is 11.7 Å². The average molecular weight is 289 g/mol. The Morgan fingerprint density at radius 2 is 2.33 bits per heavy atom. The van der Waals surface area contributed by atoms with Gasteiger partial charge in [-0.15, -0.1) is 5.10 Å². The Labute approximate surface area is 119 Å². The first-order chi connectivity index (χ1) is 10.1. The number of hydrogen-bond donors (Lipinski definition) is 2. The molecule has 0 bridgehead atoms. The van der Waals surface area contributed by atoms with Crippen LogP contribution in [-0.4, -0.2) is 37.8 Å². The van der Waals surface area contributed by atoms with Crippen molar-refractivity contribution in [3.63, 3.8) is 0 Å². The molecule has 1 heterocycles. The molecule has 0 aliphatic carbocycles. The van der Waals surface area contributed by atoms with Crippen LogP contribution in [0.25, 0.3) is 0 Å². The fourth-order valence-corrected chi connectivity index (χ4v) is 1.50. The number of carbonyl (C=O) groups is 1. The lowest BCUT2D eigenvalue weighted by atomic mass is 10.1. The summed E-state index contributed by atoms with van der Waals surface area (Å²) in [5.74, 6) is 3.98. The lowest BCUT2D eigenvalue weighted by Gasteiger charge is -2.02. The van der Waals surface area contributed by atoms with Crippen LogP contribution in [0.4, 0.5) is 10.3 Å². The number of carbonyl (C=O) groups excluding carboxylic acids is 1. The van der Waals surface area contributed by atoms with Gasteiger partial charge in [-0.05, 0) is 23.4 Å². The van der Waals surface area contributed by atoms with Crippen LogP contribution in [0.15, 0.2) is 18.2 Å². The highest BCUT2D eigenvalue weighted by atomic mass is 19.1. The van der Waals surface area contributed by atoms with Gasteiger partial charge in [-0.25, -0.2) is 4.39 Å². The number of anilines is 1. The van der Waals surface area contributed by atoms with Gasteiger partial charge in [0.15, 0.2) is 0 Å². The summed E-state index contributed by atoms with van der Waals surface area (Å²) in [7, 11) is 1.54. The van der Waals surface area contributed by atoms with E-state index in [9.17, 15) is 9.18 Å². The molecule has 2 aromatic rings. The van der Waals surface area contributed by atoms with E-state index in [1.54, 1.807) is 7.05 Å². The van der Waals surface area contributed by atoms with Crippen LogP contribution in [0.5, 0.6) is 0 Å². The second-order valence-corrected chi connectivity index (χ2v) is 4.03. The van der Waals surface area contributed by atoms with E-state index >= 15 is 0 Å². The third-order valence-corrected chi connectivity index (χ3v) is 2.42. The Balaban J connectivity index is 2.13. The van der Waals surface area contributed by atoms with E-state index in [-0.39, 0.29) is 18.1 Å². The van der Waals surface area contributed by atoms with Gasteiger partial charge in [0.25, 0.3) is 11.9 Å². The maximum absolute atomic E-state index is 13.9. The lowest BCUT2D eigenvalue weighted by Crippen LogP contribution is -2.15. The van der Waals surface area contributed by atoms with E-state index in [2.05, 4.69) is 32.6 Å². The fraction of sp³-hybridized carbons (Fsp3) is 0.231. The number of aryl methyl sites for hydroxylation is 1. The quantitative estimate of drug-likeness (QED) is 0.795. The van der Waals surface area contributed by atoms with Crippen molar-refractivity contribution in [2.24, 2.45) is 7.05 Å². The van der Waals surface area contributed by atoms with Gasteiger partial charge in [0.05, 0.1) is 19.2 Å². The molecule has 1 aromatic carbocycles. The van der Waals surface area contributed by atoms with Crippen LogP contribution in [0.1, 0.15) is 22.3 Å². The van der Waals surface area contributed by atoms with Gasteiger partial charge < -0.3 is 5.11 Å². The molecule has 1 aromatic heterocycles. The van der Waals surface area contributed by atoms with E-state index in [0.717, 1.165) is 6.07 Å².